The minimum atomic E-state index is -0.415. The number of anilines is 2. The molecule has 0 amide bonds. The number of rotatable bonds is 7. The molecule has 0 bridgehead atoms. The van der Waals surface area contributed by atoms with Gasteiger partial charge in [-0.2, -0.15) is 0 Å². The molecule has 1 saturated carbocycles. The van der Waals surface area contributed by atoms with Crippen LogP contribution in [0, 0.1) is 16.0 Å². The molecule has 1 fully saturated rings. The Hall–Kier alpha value is -1.89. The van der Waals surface area contributed by atoms with E-state index in [1.807, 2.05) is 6.92 Å². The van der Waals surface area contributed by atoms with Crippen molar-refractivity contribution in [3.63, 3.8) is 0 Å². The van der Waals surface area contributed by atoms with E-state index >= 15 is 0 Å². The first-order valence-corrected chi connectivity index (χ1v) is 7.41. The van der Waals surface area contributed by atoms with Crippen LogP contribution in [0.25, 0.3) is 0 Å². The molecule has 3 N–H and O–H groups in total. The summed E-state index contributed by atoms with van der Waals surface area (Å²) >= 11 is 0. The third-order valence-electron chi connectivity index (χ3n) is 3.80. The van der Waals surface area contributed by atoms with Gasteiger partial charge in [0, 0.05) is 25.1 Å². The summed E-state index contributed by atoms with van der Waals surface area (Å²) in [4.78, 5) is 15.0. The normalized spacial score (nSPS) is 21.2. The molecule has 1 aromatic heterocycles. The van der Waals surface area contributed by atoms with E-state index in [4.69, 9.17) is 0 Å². The van der Waals surface area contributed by atoms with Crippen LogP contribution in [0.4, 0.5) is 17.3 Å². The van der Waals surface area contributed by atoms with Crippen LogP contribution in [-0.4, -0.2) is 34.2 Å². The molecule has 0 spiro atoms. The van der Waals surface area contributed by atoms with Crippen molar-refractivity contribution in [1.82, 2.24) is 4.98 Å². The number of aromatic nitrogens is 1. The lowest BCUT2D eigenvalue weighted by Crippen LogP contribution is -2.27. The van der Waals surface area contributed by atoms with E-state index in [0.717, 1.165) is 32.2 Å². The SMILES string of the molecule is CCCNc1cc([N+](=O)[O-])cc(NC2CCCC2CO)n1. The molecule has 1 aliphatic rings. The molecule has 2 unspecified atom stereocenters. The average molecular weight is 294 g/mol. The lowest BCUT2D eigenvalue weighted by Gasteiger charge is -2.20. The highest BCUT2D eigenvalue weighted by molar-refractivity contribution is 5.55. The maximum Gasteiger partial charge on any atom is 0.276 e. The van der Waals surface area contributed by atoms with E-state index in [9.17, 15) is 15.2 Å². The summed E-state index contributed by atoms with van der Waals surface area (Å²) in [6, 6.07) is 3.02. The molecule has 7 nitrogen and oxygen atoms in total. The number of nitrogens with zero attached hydrogens (tertiary/aromatic N) is 2. The Morgan fingerprint density at radius 2 is 2.19 bits per heavy atom. The molecule has 0 radical (unpaired) electrons. The second-order valence-corrected chi connectivity index (χ2v) is 5.40. The van der Waals surface area contributed by atoms with Gasteiger partial charge in [-0.15, -0.1) is 0 Å². The molecular formula is C14H22N4O3. The molecule has 2 rings (SSSR count). The fourth-order valence-electron chi connectivity index (χ4n) is 2.67. The van der Waals surface area contributed by atoms with Crippen molar-refractivity contribution in [1.29, 1.82) is 0 Å². The maximum absolute atomic E-state index is 11.0. The van der Waals surface area contributed by atoms with Gasteiger partial charge < -0.3 is 15.7 Å². The van der Waals surface area contributed by atoms with E-state index in [2.05, 4.69) is 15.6 Å². The number of hydrogen-bond acceptors (Lipinski definition) is 6. The maximum atomic E-state index is 11.0. The van der Waals surface area contributed by atoms with Crippen LogP contribution in [0.2, 0.25) is 0 Å². The van der Waals surface area contributed by atoms with Gasteiger partial charge in [-0.05, 0) is 19.3 Å². The molecule has 7 heteroatoms. The van der Waals surface area contributed by atoms with Gasteiger partial charge in [-0.25, -0.2) is 4.98 Å². The lowest BCUT2D eigenvalue weighted by molar-refractivity contribution is -0.384. The minimum absolute atomic E-state index is 0.0182. The van der Waals surface area contributed by atoms with Crippen molar-refractivity contribution in [2.75, 3.05) is 23.8 Å². The molecule has 0 aromatic carbocycles. The Morgan fingerprint density at radius 3 is 2.86 bits per heavy atom. The van der Waals surface area contributed by atoms with Crippen LogP contribution in [0.1, 0.15) is 32.6 Å². The number of nitrogens with one attached hydrogen (secondary N) is 2. The third-order valence-corrected chi connectivity index (χ3v) is 3.80. The van der Waals surface area contributed by atoms with E-state index in [-0.39, 0.29) is 24.3 Å². The topological polar surface area (TPSA) is 100 Å². The minimum Gasteiger partial charge on any atom is -0.396 e. The van der Waals surface area contributed by atoms with Gasteiger partial charge in [0.1, 0.15) is 11.6 Å². The smallest absolute Gasteiger partial charge is 0.276 e. The number of aliphatic hydroxyl groups excluding tert-OH is 1. The van der Waals surface area contributed by atoms with Crippen LogP contribution < -0.4 is 10.6 Å². The van der Waals surface area contributed by atoms with Gasteiger partial charge >= 0.3 is 0 Å². The van der Waals surface area contributed by atoms with Crippen LogP contribution in [0.5, 0.6) is 0 Å². The van der Waals surface area contributed by atoms with Gasteiger partial charge in [0.25, 0.3) is 5.69 Å². The zero-order valence-electron chi connectivity index (χ0n) is 12.2. The molecular weight excluding hydrogens is 272 g/mol. The molecule has 0 aliphatic heterocycles. The van der Waals surface area contributed by atoms with Gasteiger partial charge in [-0.3, -0.25) is 10.1 Å². The number of aliphatic hydroxyl groups is 1. The Bertz CT molecular complexity index is 495. The summed E-state index contributed by atoms with van der Waals surface area (Å²) in [5.41, 5.74) is 0.0182. The second kappa shape index (κ2) is 7.21. The summed E-state index contributed by atoms with van der Waals surface area (Å²) in [6.45, 7) is 2.87. The summed E-state index contributed by atoms with van der Waals surface area (Å²) < 4.78 is 0. The van der Waals surface area contributed by atoms with Crippen LogP contribution in [0.3, 0.4) is 0 Å². The highest BCUT2D eigenvalue weighted by Crippen LogP contribution is 2.29. The van der Waals surface area contributed by atoms with Crippen LogP contribution >= 0.6 is 0 Å². The fourth-order valence-corrected chi connectivity index (χ4v) is 2.67. The van der Waals surface area contributed by atoms with Crippen molar-refractivity contribution < 1.29 is 10.0 Å². The Kier molecular flexibility index (Phi) is 5.32. The highest BCUT2D eigenvalue weighted by Gasteiger charge is 2.27. The molecule has 1 heterocycles. The van der Waals surface area contributed by atoms with E-state index < -0.39 is 4.92 Å². The van der Waals surface area contributed by atoms with Crippen molar-refractivity contribution in [3.8, 4) is 0 Å². The summed E-state index contributed by atoms with van der Waals surface area (Å²) in [5.74, 6) is 1.19. The van der Waals surface area contributed by atoms with Gasteiger partial charge in [0.2, 0.25) is 0 Å². The Labute approximate surface area is 123 Å². The Morgan fingerprint density at radius 1 is 1.43 bits per heavy atom. The molecule has 1 aliphatic carbocycles. The van der Waals surface area contributed by atoms with Gasteiger partial charge in [0.15, 0.2) is 0 Å². The number of pyridine rings is 1. The molecule has 116 valence electrons. The van der Waals surface area contributed by atoms with Crippen molar-refractivity contribution in [2.45, 2.75) is 38.6 Å². The van der Waals surface area contributed by atoms with Crippen molar-refractivity contribution in [2.24, 2.45) is 5.92 Å². The molecule has 21 heavy (non-hydrogen) atoms. The standard InChI is InChI=1S/C14H22N4O3/c1-2-6-15-13-7-11(18(20)21)8-14(17-13)16-12-5-3-4-10(12)9-19/h7-8,10,12,19H,2-6,9H2,1H3,(H2,15,16,17). The average Bonchev–Trinajstić information content (AvgIpc) is 2.92. The number of hydrogen-bond donors (Lipinski definition) is 3. The Balaban J connectivity index is 2.16. The molecule has 1 aromatic rings. The quantitative estimate of drug-likeness (QED) is 0.527. The fraction of sp³-hybridized carbons (Fsp3) is 0.643. The van der Waals surface area contributed by atoms with Crippen LogP contribution in [0.15, 0.2) is 12.1 Å². The predicted molar refractivity (Wildman–Crippen MR) is 81.5 cm³/mol. The second-order valence-electron chi connectivity index (χ2n) is 5.40. The van der Waals surface area contributed by atoms with Crippen molar-refractivity contribution >= 4 is 17.3 Å². The zero-order valence-corrected chi connectivity index (χ0v) is 12.2. The summed E-state index contributed by atoms with van der Waals surface area (Å²) in [7, 11) is 0. The first-order valence-electron chi connectivity index (χ1n) is 7.41. The molecule has 0 saturated heterocycles. The highest BCUT2D eigenvalue weighted by atomic mass is 16.6. The lowest BCUT2D eigenvalue weighted by atomic mass is 10.1. The van der Waals surface area contributed by atoms with Gasteiger partial charge in [-0.1, -0.05) is 13.3 Å². The number of nitro groups is 1. The summed E-state index contributed by atoms with van der Waals surface area (Å²) in [6.07, 6.45) is 3.90. The first-order chi connectivity index (χ1) is 10.1. The monoisotopic (exact) mass is 294 g/mol. The van der Waals surface area contributed by atoms with Crippen LogP contribution in [-0.2, 0) is 0 Å². The molecule has 2 atom stereocenters. The largest absolute Gasteiger partial charge is 0.396 e. The first kappa shape index (κ1) is 15.5. The van der Waals surface area contributed by atoms with E-state index in [0.29, 0.717) is 11.6 Å². The van der Waals surface area contributed by atoms with Gasteiger partial charge in [0.05, 0.1) is 17.1 Å². The van der Waals surface area contributed by atoms with Crippen molar-refractivity contribution in [3.05, 3.63) is 22.2 Å². The van der Waals surface area contributed by atoms with E-state index in [1.165, 1.54) is 12.1 Å². The van der Waals surface area contributed by atoms with E-state index in [1.54, 1.807) is 0 Å². The summed E-state index contributed by atoms with van der Waals surface area (Å²) in [5, 5.41) is 26.7. The zero-order chi connectivity index (χ0) is 15.2. The third kappa shape index (κ3) is 4.04. The predicted octanol–water partition coefficient (Wildman–Crippen LogP) is 2.38.